The first-order valence-corrected chi connectivity index (χ1v) is 7.24. The molecular formula is C17H16ClNO4. The maximum Gasteiger partial charge on any atom is 0.262 e. The van der Waals surface area contributed by atoms with E-state index in [0.29, 0.717) is 34.1 Å². The standard InChI is InChI=1S/C17H16ClNO4/c1-11-13(18)4-3-5-14(11)19-17(21)10-23-15-7-6-12(9-20)8-16(15)22-2/h3-9H,10H2,1-2H3,(H,19,21). The fourth-order valence-corrected chi connectivity index (χ4v) is 2.12. The number of nitrogens with one attached hydrogen (secondary N) is 1. The number of hydrogen-bond donors (Lipinski definition) is 1. The molecule has 0 aliphatic heterocycles. The Morgan fingerprint density at radius 1 is 1.26 bits per heavy atom. The van der Waals surface area contributed by atoms with E-state index in [1.807, 2.05) is 6.92 Å². The summed E-state index contributed by atoms with van der Waals surface area (Å²) >= 11 is 6.01. The molecule has 0 saturated carbocycles. The van der Waals surface area contributed by atoms with E-state index in [0.717, 1.165) is 5.56 Å². The van der Waals surface area contributed by atoms with Gasteiger partial charge in [-0.2, -0.15) is 0 Å². The molecule has 0 saturated heterocycles. The van der Waals surface area contributed by atoms with Gasteiger partial charge in [-0.25, -0.2) is 0 Å². The van der Waals surface area contributed by atoms with Gasteiger partial charge >= 0.3 is 0 Å². The normalized spacial score (nSPS) is 10.0. The average molecular weight is 334 g/mol. The van der Waals surface area contributed by atoms with E-state index in [2.05, 4.69) is 5.32 Å². The van der Waals surface area contributed by atoms with E-state index in [-0.39, 0.29) is 12.5 Å². The van der Waals surface area contributed by atoms with Crippen LogP contribution in [0.3, 0.4) is 0 Å². The molecule has 2 rings (SSSR count). The second-order valence-electron chi connectivity index (χ2n) is 4.78. The lowest BCUT2D eigenvalue weighted by Gasteiger charge is -2.12. The summed E-state index contributed by atoms with van der Waals surface area (Å²) in [5, 5.41) is 3.31. The van der Waals surface area contributed by atoms with Crippen molar-refractivity contribution in [2.75, 3.05) is 19.0 Å². The zero-order valence-electron chi connectivity index (χ0n) is 12.8. The summed E-state index contributed by atoms with van der Waals surface area (Å²) in [6, 6.07) is 9.99. The number of ether oxygens (including phenoxy) is 2. The van der Waals surface area contributed by atoms with Crippen LogP contribution >= 0.6 is 11.6 Å². The van der Waals surface area contributed by atoms with Crippen LogP contribution in [0.25, 0.3) is 0 Å². The van der Waals surface area contributed by atoms with Crippen LogP contribution in [-0.2, 0) is 4.79 Å². The summed E-state index contributed by atoms with van der Waals surface area (Å²) in [5.41, 5.74) is 1.89. The van der Waals surface area contributed by atoms with E-state index in [9.17, 15) is 9.59 Å². The Labute approximate surface area is 139 Å². The number of carbonyl (C=O) groups excluding carboxylic acids is 2. The highest BCUT2D eigenvalue weighted by Crippen LogP contribution is 2.27. The lowest BCUT2D eigenvalue weighted by molar-refractivity contribution is -0.118. The van der Waals surface area contributed by atoms with Gasteiger partial charge in [-0.3, -0.25) is 9.59 Å². The minimum Gasteiger partial charge on any atom is -0.493 e. The molecule has 1 N–H and O–H groups in total. The van der Waals surface area contributed by atoms with Crippen LogP contribution in [-0.4, -0.2) is 25.9 Å². The van der Waals surface area contributed by atoms with E-state index in [1.165, 1.54) is 7.11 Å². The third-order valence-electron chi connectivity index (χ3n) is 3.22. The number of halogens is 1. The van der Waals surface area contributed by atoms with Gasteiger partial charge in [0.05, 0.1) is 7.11 Å². The molecule has 23 heavy (non-hydrogen) atoms. The van der Waals surface area contributed by atoms with Crippen LogP contribution in [0.2, 0.25) is 5.02 Å². The van der Waals surface area contributed by atoms with Crippen LogP contribution in [0.1, 0.15) is 15.9 Å². The summed E-state index contributed by atoms with van der Waals surface area (Å²) in [5.74, 6) is 0.453. The van der Waals surface area contributed by atoms with Crippen LogP contribution in [0.4, 0.5) is 5.69 Å². The van der Waals surface area contributed by atoms with Crippen molar-refractivity contribution in [3.05, 3.63) is 52.5 Å². The highest BCUT2D eigenvalue weighted by molar-refractivity contribution is 6.31. The van der Waals surface area contributed by atoms with Crippen molar-refractivity contribution >= 4 is 29.5 Å². The van der Waals surface area contributed by atoms with Gasteiger partial charge in [-0.15, -0.1) is 0 Å². The van der Waals surface area contributed by atoms with Gasteiger partial charge in [0.2, 0.25) is 0 Å². The number of hydrogen-bond acceptors (Lipinski definition) is 4. The van der Waals surface area contributed by atoms with Crippen LogP contribution < -0.4 is 14.8 Å². The molecule has 5 nitrogen and oxygen atoms in total. The third kappa shape index (κ3) is 4.23. The summed E-state index contributed by atoms with van der Waals surface area (Å²) < 4.78 is 10.6. The molecule has 0 aromatic heterocycles. The van der Waals surface area contributed by atoms with Crippen LogP contribution in [0.15, 0.2) is 36.4 Å². The molecule has 0 atom stereocenters. The predicted molar refractivity (Wildman–Crippen MR) is 88.7 cm³/mol. The summed E-state index contributed by atoms with van der Waals surface area (Å²) in [7, 11) is 1.46. The van der Waals surface area contributed by atoms with Crippen molar-refractivity contribution in [2.24, 2.45) is 0 Å². The van der Waals surface area contributed by atoms with Gasteiger partial charge < -0.3 is 14.8 Å². The zero-order chi connectivity index (χ0) is 16.8. The molecule has 0 bridgehead atoms. The molecule has 0 fully saturated rings. The van der Waals surface area contributed by atoms with Crippen molar-refractivity contribution in [2.45, 2.75) is 6.92 Å². The molecule has 1 amide bonds. The van der Waals surface area contributed by atoms with Crippen molar-refractivity contribution in [1.29, 1.82) is 0 Å². The lowest BCUT2D eigenvalue weighted by Crippen LogP contribution is -2.20. The Kier molecular flexibility index (Phi) is 5.60. The predicted octanol–water partition coefficient (Wildman–Crippen LogP) is 3.49. The molecule has 0 aliphatic carbocycles. The lowest BCUT2D eigenvalue weighted by atomic mass is 10.2. The maximum absolute atomic E-state index is 12.0. The Morgan fingerprint density at radius 2 is 2.04 bits per heavy atom. The first-order valence-electron chi connectivity index (χ1n) is 6.86. The highest BCUT2D eigenvalue weighted by Gasteiger charge is 2.10. The molecule has 0 radical (unpaired) electrons. The number of aldehydes is 1. The molecular weight excluding hydrogens is 318 g/mol. The van der Waals surface area contributed by atoms with Crippen molar-refractivity contribution in [1.82, 2.24) is 0 Å². The van der Waals surface area contributed by atoms with Crippen LogP contribution in [0, 0.1) is 6.92 Å². The topological polar surface area (TPSA) is 64.6 Å². The molecule has 0 aliphatic rings. The molecule has 0 unspecified atom stereocenters. The number of anilines is 1. The fraction of sp³-hybridized carbons (Fsp3) is 0.176. The summed E-state index contributed by atoms with van der Waals surface area (Å²) in [6.07, 6.45) is 0.709. The van der Waals surface area contributed by atoms with Crippen molar-refractivity contribution in [3.63, 3.8) is 0 Å². The minimum atomic E-state index is -0.322. The van der Waals surface area contributed by atoms with Crippen molar-refractivity contribution in [3.8, 4) is 11.5 Å². The van der Waals surface area contributed by atoms with E-state index in [4.69, 9.17) is 21.1 Å². The number of rotatable bonds is 6. The highest BCUT2D eigenvalue weighted by atomic mass is 35.5. The van der Waals surface area contributed by atoms with Gasteiger partial charge in [0.15, 0.2) is 18.1 Å². The van der Waals surface area contributed by atoms with Gasteiger partial charge in [0.25, 0.3) is 5.91 Å². The number of benzene rings is 2. The molecule has 6 heteroatoms. The number of methoxy groups -OCH3 is 1. The van der Waals surface area contributed by atoms with Gasteiger partial charge in [0.1, 0.15) is 6.29 Å². The quantitative estimate of drug-likeness (QED) is 0.822. The number of carbonyl (C=O) groups is 2. The van der Waals surface area contributed by atoms with E-state index in [1.54, 1.807) is 36.4 Å². The monoisotopic (exact) mass is 333 g/mol. The summed E-state index contributed by atoms with van der Waals surface area (Å²) in [6.45, 7) is 1.63. The second kappa shape index (κ2) is 7.65. The van der Waals surface area contributed by atoms with Crippen molar-refractivity contribution < 1.29 is 19.1 Å². The smallest absolute Gasteiger partial charge is 0.262 e. The molecule has 120 valence electrons. The molecule has 2 aromatic carbocycles. The molecule has 2 aromatic rings. The Bertz CT molecular complexity index is 731. The summed E-state index contributed by atoms with van der Waals surface area (Å²) in [4.78, 5) is 22.7. The second-order valence-corrected chi connectivity index (χ2v) is 5.18. The third-order valence-corrected chi connectivity index (χ3v) is 3.63. The number of amides is 1. The zero-order valence-corrected chi connectivity index (χ0v) is 13.5. The van der Waals surface area contributed by atoms with Crippen LogP contribution in [0.5, 0.6) is 11.5 Å². The Hall–Kier alpha value is -2.53. The SMILES string of the molecule is COc1cc(C=O)ccc1OCC(=O)Nc1cccc(Cl)c1C. The Balaban J connectivity index is 2.02. The van der Waals surface area contributed by atoms with Gasteiger partial charge in [0, 0.05) is 16.3 Å². The fourth-order valence-electron chi connectivity index (χ4n) is 1.95. The largest absolute Gasteiger partial charge is 0.493 e. The minimum absolute atomic E-state index is 0.192. The van der Waals surface area contributed by atoms with E-state index < -0.39 is 0 Å². The van der Waals surface area contributed by atoms with E-state index >= 15 is 0 Å². The Morgan fingerprint density at radius 3 is 2.74 bits per heavy atom. The molecule has 0 spiro atoms. The van der Waals surface area contributed by atoms with Gasteiger partial charge in [-0.1, -0.05) is 17.7 Å². The first kappa shape index (κ1) is 16.8. The molecule has 0 heterocycles. The maximum atomic E-state index is 12.0. The first-order chi connectivity index (χ1) is 11.0. The average Bonchev–Trinajstić information content (AvgIpc) is 2.57. The van der Waals surface area contributed by atoms with Gasteiger partial charge in [-0.05, 0) is 42.8 Å².